The molecule has 0 fully saturated rings. The molecule has 3 aromatic carbocycles. The molecule has 0 spiro atoms. The third kappa shape index (κ3) is 2.37. The average molecular weight is 348 g/mol. The van der Waals surface area contributed by atoms with Gasteiger partial charge in [0.05, 0.1) is 19.6 Å². The molecule has 0 bridgehead atoms. The monoisotopic (exact) mass is 348 g/mol. The van der Waals surface area contributed by atoms with E-state index in [2.05, 4.69) is 0 Å². The van der Waals surface area contributed by atoms with Crippen molar-refractivity contribution in [3.63, 3.8) is 0 Å². The van der Waals surface area contributed by atoms with E-state index in [1.54, 1.807) is 24.3 Å². The van der Waals surface area contributed by atoms with Gasteiger partial charge in [-0.1, -0.05) is 30.3 Å². The molecule has 26 heavy (non-hydrogen) atoms. The van der Waals surface area contributed by atoms with Crippen LogP contribution in [0.15, 0.2) is 63.8 Å². The van der Waals surface area contributed by atoms with Crippen LogP contribution in [0.4, 0.5) is 0 Å². The highest BCUT2D eigenvalue weighted by Crippen LogP contribution is 2.37. The zero-order valence-electron chi connectivity index (χ0n) is 14.3. The van der Waals surface area contributed by atoms with Crippen LogP contribution in [0, 0.1) is 0 Å². The maximum atomic E-state index is 12.8. The summed E-state index contributed by atoms with van der Waals surface area (Å²) in [6.45, 7) is 0. The molecule has 0 radical (unpaired) electrons. The molecular weight excluding hydrogens is 332 g/mol. The van der Waals surface area contributed by atoms with Crippen molar-refractivity contribution in [1.82, 2.24) is 0 Å². The van der Waals surface area contributed by atoms with E-state index in [1.807, 2.05) is 30.3 Å². The van der Waals surface area contributed by atoms with Crippen LogP contribution in [0.1, 0.15) is 0 Å². The topological polar surface area (TPSA) is 68.9 Å². The highest BCUT2D eigenvalue weighted by molar-refractivity contribution is 6.06. The van der Waals surface area contributed by atoms with E-state index in [-0.39, 0.29) is 5.76 Å². The van der Waals surface area contributed by atoms with Crippen molar-refractivity contribution in [2.45, 2.75) is 0 Å². The summed E-state index contributed by atoms with van der Waals surface area (Å²) >= 11 is 0. The van der Waals surface area contributed by atoms with Crippen LogP contribution in [-0.2, 0) is 0 Å². The first-order chi connectivity index (χ1) is 12.6. The molecule has 0 unspecified atom stereocenters. The van der Waals surface area contributed by atoms with Gasteiger partial charge in [-0.25, -0.2) is 0 Å². The molecule has 1 heterocycles. The largest absolute Gasteiger partial charge is 0.502 e. The third-order valence-corrected chi connectivity index (χ3v) is 4.41. The number of ether oxygens (including phenoxy) is 2. The Kier molecular flexibility index (Phi) is 3.77. The number of aromatic hydroxyl groups is 1. The molecule has 0 atom stereocenters. The molecule has 0 amide bonds. The zero-order chi connectivity index (χ0) is 18.3. The van der Waals surface area contributed by atoms with E-state index < -0.39 is 11.2 Å². The average Bonchev–Trinajstić information content (AvgIpc) is 2.69. The Hall–Kier alpha value is -3.47. The maximum Gasteiger partial charge on any atom is 0.235 e. The Bertz CT molecular complexity index is 1190. The normalized spacial score (nSPS) is 11.0. The van der Waals surface area contributed by atoms with Crippen molar-refractivity contribution in [3.05, 3.63) is 64.8 Å². The summed E-state index contributed by atoms with van der Waals surface area (Å²) in [5, 5.41) is 12.5. The number of hydrogen-bond donors (Lipinski definition) is 1. The highest BCUT2D eigenvalue weighted by atomic mass is 16.5. The van der Waals surface area contributed by atoms with Crippen LogP contribution in [0.25, 0.3) is 33.1 Å². The van der Waals surface area contributed by atoms with Crippen molar-refractivity contribution in [2.24, 2.45) is 0 Å². The van der Waals surface area contributed by atoms with Gasteiger partial charge in [-0.15, -0.1) is 0 Å². The summed E-state index contributed by atoms with van der Waals surface area (Å²) in [5.74, 6) is 0.690. The Balaban J connectivity index is 2.02. The molecular formula is C21H16O5. The van der Waals surface area contributed by atoms with Crippen molar-refractivity contribution in [1.29, 1.82) is 0 Å². The molecule has 1 N–H and O–H groups in total. The molecule has 0 saturated heterocycles. The second kappa shape index (κ2) is 6.11. The van der Waals surface area contributed by atoms with Gasteiger partial charge in [-0.2, -0.15) is 0 Å². The molecule has 130 valence electrons. The SMILES string of the molecule is COc1ccc(-c2oc3ccc4ccccc4c3c(=O)c2O)cc1OC. The quantitative estimate of drug-likeness (QED) is 0.558. The van der Waals surface area contributed by atoms with Crippen LogP contribution in [0.5, 0.6) is 17.2 Å². The summed E-state index contributed by atoms with van der Waals surface area (Å²) in [5.41, 5.74) is 0.469. The minimum Gasteiger partial charge on any atom is -0.502 e. The van der Waals surface area contributed by atoms with Gasteiger partial charge >= 0.3 is 0 Å². The molecule has 0 aliphatic rings. The van der Waals surface area contributed by atoms with Crippen molar-refractivity contribution in [2.75, 3.05) is 14.2 Å². The van der Waals surface area contributed by atoms with Gasteiger partial charge in [0.15, 0.2) is 17.3 Å². The first-order valence-electron chi connectivity index (χ1n) is 8.04. The number of methoxy groups -OCH3 is 2. The summed E-state index contributed by atoms with van der Waals surface area (Å²) in [6, 6.07) is 16.2. The predicted octanol–water partition coefficient (Wildman–Crippen LogP) is 4.34. The highest BCUT2D eigenvalue weighted by Gasteiger charge is 2.18. The second-order valence-corrected chi connectivity index (χ2v) is 5.84. The summed E-state index contributed by atoms with van der Waals surface area (Å²) in [7, 11) is 3.06. The lowest BCUT2D eigenvalue weighted by Crippen LogP contribution is -2.03. The Morgan fingerprint density at radius 3 is 2.46 bits per heavy atom. The number of fused-ring (bicyclic) bond motifs is 3. The summed E-state index contributed by atoms with van der Waals surface area (Å²) in [6.07, 6.45) is 0. The number of benzene rings is 3. The predicted molar refractivity (Wildman–Crippen MR) is 100 cm³/mol. The summed E-state index contributed by atoms with van der Waals surface area (Å²) in [4.78, 5) is 12.8. The summed E-state index contributed by atoms with van der Waals surface area (Å²) < 4.78 is 16.4. The van der Waals surface area contributed by atoms with E-state index in [4.69, 9.17) is 13.9 Å². The lowest BCUT2D eigenvalue weighted by atomic mass is 10.0. The van der Waals surface area contributed by atoms with Crippen LogP contribution in [0.3, 0.4) is 0 Å². The maximum absolute atomic E-state index is 12.8. The second-order valence-electron chi connectivity index (χ2n) is 5.84. The van der Waals surface area contributed by atoms with E-state index in [9.17, 15) is 9.90 Å². The minimum absolute atomic E-state index is 0.0961. The zero-order valence-corrected chi connectivity index (χ0v) is 14.3. The van der Waals surface area contributed by atoms with Gasteiger partial charge in [-0.3, -0.25) is 4.79 Å². The molecule has 4 rings (SSSR count). The van der Waals surface area contributed by atoms with Crippen LogP contribution < -0.4 is 14.9 Å². The first-order valence-corrected chi connectivity index (χ1v) is 8.04. The van der Waals surface area contributed by atoms with Crippen LogP contribution in [-0.4, -0.2) is 19.3 Å². The molecule has 5 heteroatoms. The molecule has 0 aliphatic heterocycles. The molecule has 0 saturated carbocycles. The van der Waals surface area contributed by atoms with Gasteiger partial charge in [0, 0.05) is 5.56 Å². The van der Waals surface area contributed by atoms with Crippen molar-refractivity contribution in [3.8, 4) is 28.6 Å². The Labute approximate surface area is 149 Å². The van der Waals surface area contributed by atoms with E-state index in [0.717, 1.165) is 10.8 Å². The first kappa shape index (κ1) is 16.0. The standard InChI is InChI=1S/C21H16O5/c1-24-15-9-8-13(11-17(15)25-2)21-20(23)19(22)18-14-6-4-3-5-12(14)7-10-16(18)26-21/h3-11,23H,1-2H3. The van der Waals surface area contributed by atoms with Crippen LogP contribution >= 0.6 is 0 Å². The van der Waals surface area contributed by atoms with Crippen LogP contribution in [0.2, 0.25) is 0 Å². The molecule has 5 nitrogen and oxygen atoms in total. The van der Waals surface area contributed by atoms with Gasteiger partial charge in [0.2, 0.25) is 11.2 Å². The van der Waals surface area contributed by atoms with E-state index in [0.29, 0.717) is 28.0 Å². The number of rotatable bonds is 3. The van der Waals surface area contributed by atoms with E-state index >= 15 is 0 Å². The fourth-order valence-electron chi connectivity index (χ4n) is 3.12. The Morgan fingerprint density at radius 1 is 0.923 bits per heavy atom. The smallest absolute Gasteiger partial charge is 0.235 e. The fourth-order valence-corrected chi connectivity index (χ4v) is 3.12. The van der Waals surface area contributed by atoms with E-state index in [1.165, 1.54) is 14.2 Å². The van der Waals surface area contributed by atoms with Crippen molar-refractivity contribution >= 4 is 21.7 Å². The molecule has 0 aliphatic carbocycles. The third-order valence-electron chi connectivity index (χ3n) is 4.41. The number of hydrogen-bond acceptors (Lipinski definition) is 5. The fraction of sp³-hybridized carbons (Fsp3) is 0.0952. The van der Waals surface area contributed by atoms with Gasteiger partial charge in [0.25, 0.3) is 0 Å². The van der Waals surface area contributed by atoms with Gasteiger partial charge < -0.3 is 19.0 Å². The van der Waals surface area contributed by atoms with Gasteiger partial charge in [0.1, 0.15) is 5.58 Å². The Morgan fingerprint density at radius 2 is 1.69 bits per heavy atom. The lowest BCUT2D eigenvalue weighted by molar-refractivity contribution is 0.355. The lowest BCUT2D eigenvalue weighted by Gasteiger charge is -2.11. The molecule has 1 aromatic heterocycles. The minimum atomic E-state index is -0.465. The van der Waals surface area contributed by atoms with Gasteiger partial charge in [-0.05, 0) is 35.0 Å². The van der Waals surface area contributed by atoms with Crippen molar-refractivity contribution < 1.29 is 19.0 Å². The molecule has 4 aromatic rings.